The number of carbonyl (C=O) groups excluding carboxylic acids is 1. The first-order valence-corrected chi connectivity index (χ1v) is 9.45. The summed E-state index contributed by atoms with van der Waals surface area (Å²) >= 11 is 7.34. The van der Waals surface area contributed by atoms with Crippen molar-refractivity contribution in [3.05, 3.63) is 58.6 Å². The van der Waals surface area contributed by atoms with Crippen LogP contribution in [0.5, 0.6) is 0 Å². The van der Waals surface area contributed by atoms with E-state index in [2.05, 4.69) is 21.6 Å². The predicted molar refractivity (Wildman–Crippen MR) is 107 cm³/mol. The molecule has 3 rings (SSSR count). The molecule has 2 aromatic carbocycles. The topological polar surface area (TPSA) is 59.8 Å². The van der Waals surface area contributed by atoms with Crippen LogP contribution in [0.3, 0.4) is 0 Å². The van der Waals surface area contributed by atoms with Gasteiger partial charge in [-0.05, 0) is 37.6 Å². The number of halogens is 1. The van der Waals surface area contributed by atoms with Crippen LogP contribution in [0.1, 0.15) is 11.1 Å². The summed E-state index contributed by atoms with van der Waals surface area (Å²) in [5.41, 5.74) is 3.86. The molecular formula is C19H19ClN4OS. The van der Waals surface area contributed by atoms with Crippen LogP contribution in [-0.2, 0) is 11.8 Å². The van der Waals surface area contributed by atoms with E-state index in [4.69, 9.17) is 11.6 Å². The van der Waals surface area contributed by atoms with Gasteiger partial charge in [0.2, 0.25) is 5.91 Å². The summed E-state index contributed by atoms with van der Waals surface area (Å²) in [7, 11) is 1.90. The number of aryl methyl sites for hydroxylation is 2. The number of nitrogens with zero attached hydrogens (tertiary/aromatic N) is 3. The van der Waals surface area contributed by atoms with Gasteiger partial charge < -0.3 is 9.88 Å². The van der Waals surface area contributed by atoms with E-state index in [1.54, 1.807) is 12.1 Å². The largest absolute Gasteiger partial charge is 0.325 e. The number of carbonyl (C=O) groups is 1. The average molecular weight is 387 g/mol. The van der Waals surface area contributed by atoms with E-state index in [1.165, 1.54) is 11.8 Å². The summed E-state index contributed by atoms with van der Waals surface area (Å²) in [5, 5.41) is 12.6. The molecule has 0 atom stereocenters. The Bertz CT molecular complexity index is 954. The summed E-state index contributed by atoms with van der Waals surface area (Å²) in [5.74, 6) is 0.911. The lowest BCUT2D eigenvalue weighted by Gasteiger charge is -2.08. The fourth-order valence-corrected chi connectivity index (χ4v) is 3.40. The van der Waals surface area contributed by atoms with Gasteiger partial charge in [0.15, 0.2) is 11.0 Å². The number of rotatable bonds is 5. The van der Waals surface area contributed by atoms with Crippen molar-refractivity contribution in [2.24, 2.45) is 7.05 Å². The zero-order valence-corrected chi connectivity index (χ0v) is 16.4. The summed E-state index contributed by atoms with van der Waals surface area (Å²) in [4.78, 5) is 12.2. The maximum atomic E-state index is 12.2. The molecule has 1 N–H and O–H groups in total. The number of thioether (sulfide) groups is 1. The lowest BCUT2D eigenvalue weighted by molar-refractivity contribution is -0.113. The lowest BCUT2D eigenvalue weighted by atomic mass is 10.1. The number of nitrogens with one attached hydrogen (secondary N) is 1. The van der Waals surface area contributed by atoms with E-state index in [0.29, 0.717) is 10.2 Å². The van der Waals surface area contributed by atoms with Crippen LogP contribution >= 0.6 is 23.4 Å². The molecule has 1 aromatic heterocycles. The smallest absolute Gasteiger partial charge is 0.234 e. The molecular weight excluding hydrogens is 368 g/mol. The Labute approximate surface area is 161 Å². The molecule has 0 radical (unpaired) electrons. The van der Waals surface area contributed by atoms with Gasteiger partial charge in [0.05, 0.1) is 5.75 Å². The molecule has 1 amide bonds. The van der Waals surface area contributed by atoms with Crippen LogP contribution in [0, 0.1) is 13.8 Å². The Kier molecular flexibility index (Phi) is 5.64. The molecule has 0 saturated carbocycles. The minimum Gasteiger partial charge on any atom is -0.325 e. The Balaban J connectivity index is 1.67. The third-order valence-electron chi connectivity index (χ3n) is 3.92. The molecule has 0 aliphatic heterocycles. The number of benzene rings is 2. The van der Waals surface area contributed by atoms with E-state index in [1.807, 2.05) is 49.7 Å². The third-order valence-corrected chi connectivity index (χ3v) is 5.17. The molecule has 5 nitrogen and oxygen atoms in total. The second-order valence-corrected chi connectivity index (χ2v) is 7.41. The number of amides is 1. The molecule has 7 heteroatoms. The molecule has 0 fully saturated rings. The average Bonchev–Trinajstić information content (AvgIpc) is 2.97. The molecule has 0 unspecified atom stereocenters. The summed E-state index contributed by atoms with van der Waals surface area (Å²) < 4.78 is 1.90. The minimum absolute atomic E-state index is 0.111. The lowest BCUT2D eigenvalue weighted by Crippen LogP contribution is -2.15. The highest BCUT2D eigenvalue weighted by atomic mass is 35.5. The second kappa shape index (κ2) is 7.93. The Morgan fingerprint density at radius 1 is 1.19 bits per heavy atom. The van der Waals surface area contributed by atoms with Crippen molar-refractivity contribution in [1.29, 1.82) is 0 Å². The van der Waals surface area contributed by atoms with E-state index in [0.717, 1.165) is 28.2 Å². The Morgan fingerprint density at radius 2 is 2.00 bits per heavy atom. The van der Waals surface area contributed by atoms with Crippen LogP contribution in [0.2, 0.25) is 5.02 Å². The van der Waals surface area contributed by atoms with Crippen molar-refractivity contribution in [2.75, 3.05) is 11.1 Å². The number of aromatic nitrogens is 3. The van der Waals surface area contributed by atoms with Gasteiger partial charge in [-0.1, -0.05) is 53.2 Å². The van der Waals surface area contributed by atoms with Crippen molar-refractivity contribution in [1.82, 2.24) is 14.8 Å². The standard InChI is InChI=1S/C19H19ClN4OS/c1-12-5-4-6-14(9-12)18-22-23-19(24(18)3)26-11-17(25)21-16-10-15(20)8-7-13(16)2/h4-10H,11H2,1-3H3,(H,21,25). The first-order valence-electron chi connectivity index (χ1n) is 8.09. The molecule has 0 saturated heterocycles. The molecule has 3 aromatic rings. The monoisotopic (exact) mass is 386 g/mol. The SMILES string of the molecule is Cc1cccc(-c2nnc(SCC(=O)Nc3cc(Cl)ccc3C)n2C)c1. The van der Waals surface area contributed by atoms with Crippen molar-refractivity contribution < 1.29 is 4.79 Å². The summed E-state index contributed by atoms with van der Waals surface area (Å²) in [6.45, 7) is 3.97. The van der Waals surface area contributed by atoms with Gasteiger partial charge in [-0.2, -0.15) is 0 Å². The van der Waals surface area contributed by atoms with Gasteiger partial charge >= 0.3 is 0 Å². The third kappa shape index (κ3) is 4.26. The molecule has 0 aliphatic carbocycles. The van der Waals surface area contributed by atoms with E-state index in [9.17, 15) is 4.79 Å². The van der Waals surface area contributed by atoms with Gasteiger partial charge in [-0.25, -0.2) is 0 Å². The van der Waals surface area contributed by atoms with Crippen LogP contribution in [-0.4, -0.2) is 26.4 Å². The molecule has 26 heavy (non-hydrogen) atoms. The minimum atomic E-state index is -0.111. The fourth-order valence-electron chi connectivity index (χ4n) is 2.52. The quantitative estimate of drug-likeness (QED) is 0.656. The van der Waals surface area contributed by atoms with Crippen LogP contribution < -0.4 is 5.32 Å². The van der Waals surface area contributed by atoms with E-state index < -0.39 is 0 Å². The normalized spacial score (nSPS) is 10.8. The molecule has 134 valence electrons. The highest BCUT2D eigenvalue weighted by Gasteiger charge is 2.13. The predicted octanol–water partition coefficient (Wildman–Crippen LogP) is 4.48. The van der Waals surface area contributed by atoms with Crippen LogP contribution in [0.15, 0.2) is 47.6 Å². The maximum Gasteiger partial charge on any atom is 0.234 e. The fraction of sp³-hybridized carbons (Fsp3) is 0.211. The van der Waals surface area contributed by atoms with Crippen LogP contribution in [0.25, 0.3) is 11.4 Å². The highest BCUT2D eigenvalue weighted by Crippen LogP contribution is 2.24. The van der Waals surface area contributed by atoms with Crippen molar-refractivity contribution in [2.45, 2.75) is 19.0 Å². The van der Waals surface area contributed by atoms with Crippen molar-refractivity contribution in [3.8, 4) is 11.4 Å². The molecule has 1 heterocycles. The van der Waals surface area contributed by atoms with Crippen LogP contribution in [0.4, 0.5) is 5.69 Å². The first-order chi connectivity index (χ1) is 12.4. The number of hydrogen-bond donors (Lipinski definition) is 1. The Morgan fingerprint density at radius 3 is 2.77 bits per heavy atom. The number of hydrogen-bond acceptors (Lipinski definition) is 4. The zero-order chi connectivity index (χ0) is 18.7. The van der Waals surface area contributed by atoms with E-state index in [-0.39, 0.29) is 11.7 Å². The van der Waals surface area contributed by atoms with Gasteiger partial charge in [0.1, 0.15) is 0 Å². The molecule has 0 bridgehead atoms. The van der Waals surface area contributed by atoms with Gasteiger partial charge in [0, 0.05) is 23.3 Å². The molecule has 0 spiro atoms. The number of anilines is 1. The van der Waals surface area contributed by atoms with Crippen molar-refractivity contribution in [3.63, 3.8) is 0 Å². The highest BCUT2D eigenvalue weighted by molar-refractivity contribution is 7.99. The Hall–Kier alpha value is -2.31. The summed E-state index contributed by atoms with van der Waals surface area (Å²) in [6, 6.07) is 13.5. The van der Waals surface area contributed by atoms with Crippen molar-refractivity contribution >= 4 is 35.0 Å². The van der Waals surface area contributed by atoms with E-state index >= 15 is 0 Å². The maximum absolute atomic E-state index is 12.2. The van der Waals surface area contributed by atoms with Gasteiger partial charge in [0.25, 0.3) is 0 Å². The zero-order valence-electron chi connectivity index (χ0n) is 14.8. The second-order valence-electron chi connectivity index (χ2n) is 6.03. The first kappa shape index (κ1) is 18.5. The summed E-state index contributed by atoms with van der Waals surface area (Å²) in [6.07, 6.45) is 0. The van der Waals surface area contributed by atoms with Gasteiger partial charge in [-0.15, -0.1) is 10.2 Å². The molecule has 0 aliphatic rings. The van der Waals surface area contributed by atoms with Gasteiger partial charge in [-0.3, -0.25) is 4.79 Å².